The number of hydrogen-bond acceptors (Lipinski definition) is 3. The largest absolute Gasteiger partial charge is 0.392 e. The van der Waals surface area contributed by atoms with E-state index in [1.54, 1.807) is 0 Å². The molecule has 4 nitrogen and oxygen atoms in total. The van der Waals surface area contributed by atoms with Gasteiger partial charge in [-0.15, -0.1) is 0 Å². The Hall–Kier alpha value is -1.88. The van der Waals surface area contributed by atoms with Crippen LogP contribution in [0.2, 0.25) is 0 Å². The highest BCUT2D eigenvalue weighted by atomic mass is 16.3. The molecule has 23 heavy (non-hydrogen) atoms. The molecule has 0 saturated carbocycles. The molecule has 0 radical (unpaired) electrons. The first-order valence-electron chi connectivity index (χ1n) is 8.04. The Labute approximate surface area is 136 Å². The number of nitrogens with zero attached hydrogens (tertiary/aromatic N) is 2. The van der Waals surface area contributed by atoms with Crippen LogP contribution >= 0.6 is 0 Å². The summed E-state index contributed by atoms with van der Waals surface area (Å²) in [4.78, 5) is 2.20. The maximum absolute atomic E-state index is 9.43. The molecule has 2 N–H and O–H groups in total. The number of aliphatic hydroxyl groups is 2. The van der Waals surface area contributed by atoms with Crippen LogP contribution in [0.5, 0.6) is 0 Å². The highest BCUT2D eigenvalue weighted by Gasteiger charge is 2.11. The summed E-state index contributed by atoms with van der Waals surface area (Å²) < 4.78 is 2.34. The fourth-order valence-corrected chi connectivity index (χ4v) is 3.18. The van der Waals surface area contributed by atoms with Gasteiger partial charge >= 0.3 is 0 Å². The molecule has 0 bridgehead atoms. The first kappa shape index (κ1) is 16.0. The minimum atomic E-state index is 0.0446. The third kappa shape index (κ3) is 3.11. The minimum absolute atomic E-state index is 0.0446. The third-order valence-corrected chi connectivity index (χ3v) is 4.35. The lowest BCUT2D eigenvalue weighted by Crippen LogP contribution is -2.15. The van der Waals surface area contributed by atoms with Crippen molar-refractivity contribution in [2.45, 2.75) is 26.2 Å². The number of aliphatic hydroxyl groups excluding tert-OH is 2. The fourth-order valence-electron chi connectivity index (χ4n) is 3.18. The van der Waals surface area contributed by atoms with Crippen LogP contribution < -0.4 is 0 Å². The molecule has 2 aromatic carbocycles. The Morgan fingerprint density at radius 3 is 1.83 bits per heavy atom. The Kier molecular flexibility index (Phi) is 4.66. The molecule has 0 unspecified atom stereocenters. The Balaban J connectivity index is 2.15. The van der Waals surface area contributed by atoms with Gasteiger partial charge in [-0.1, -0.05) is 12.1 Å². The summed E-state index contributed by atoms with van der Waals surface area (Å²) in [5.74, 6) is 0. The summed E-state index contributed by atoms with van der Waals surface area (Å²) in [5, 5.41) is 21.1. The van der Waals surface area contributed by atoms with Gasteiger partial charge in [0.15, 0.2) is 0 Å². The number of benzene rings is 2. The average molecular weight is 312 g/mol. The van der Waals surface area contributed by atoms with Crippen molar-refractivity contribution in [2.24, 2.45) is 0 Å². The fraction of sp³-hybridized carbons (Fsp3) is 0.368. The zero-order valence-electron chi connectivity index (χ0n) is 13.8. The van der Waals surface area contributed by atoms with Crippen molar-refractivity contribution >= 4 is 21.8 Å². The van der Waals surface area contributed by atoms with E-state index >= 15 is 0 Å². The number of rotatable bonds is 6. The molecule has 1 aromatic heterocycles. The van der Waals surface area contributed by atoms with E-state index in [4.69, 9.17) is 0 Å². The molecule has 0 fully saturated rings. The van der Waals surface area contributed by atoms with Gasteiger partial charge in [-0.3, -0.25) is 0 Å². The lowest BCUT2D eigenvalue weighted by Gasteiger charge is -2.11. The second-order valence-corrected chi connectivity index (χ2v) is 6.33. The number of aromatic nitrogens is 1. The summed E-state index contributed by atoms with van der Waals surface area (Å²) in [6, 6.07) is 12.3. The first-order chi connectivity index (χ1) is 11.1. The van der Waals surface area contributed by atoms with Crippen molar-refractivity contribution < 1.29 is 10.2 Å². The number of fused-ring (bicyclic) bond motifs is 3. The van der Waals surface area contributed by atoms with E-state index in [-0.39, 0.29) is 13.2 Å². The van der Waals surface area contributed by atoms with Crippen LogP contribution in [-0.2, 0) is 19.8 Å². The molecule has 4 heteroatoms. The molecule has 122 valence electrons. The van der Waals surface area contributed by atoms with Crippen LogP contribution in [0.1, 0.15) is 17.5 Å². The zero-order chi connectivity index (χ0) is 16.4. The molecule has 0 spiro atoms. The van der Waals surface area contributed by atoms with E-state index in [1.165, 1.54) is 11.0 Å². The van der Waals surface area contributed by atoms with Gasteiger partial charge in [-0.05, 0) is 62.5 Å². The van der Waals surface area contributed by atoms with E-state index in [0.717, 1.165) is 41.4 Å². The quantitative estimate of drug-likeness (QED) is 0.736. The van der Waals surface area contributed by atoms with E-state index in [2.05, 4.69) is 47.8 Å². The second-order valence-electron chi connectivity index (χ2n) is 6.33. The molecule has 0 aliphatic carbocycles. The third-order valence-electron chi connectivity index (χ3n) is 4.35. The maximum Gasteiger partial charge on any atom is 0.0682 e. The standard InChI is InChI=1S/C19H24N2O2/c1-20(2)8-3-9-21-18-6-4-14(12-22)10-16(18)17-11-15(13-23)5-7-19(17)21/h4-7,10-11,22-23H,3,8-9,12-13H2,1-2H3. The topological polar surface area (TPSA) is 48.6 Å². The van der Waals surface area contributed by atoms with Crippen molar-refractivity contribution in [1.82, 2.24) is 9.47 Å². The monoisotopic (exact) mass is 312 g/mol. The molecule has 3 rings (SSSR count). The average Bonchev–Trinajstić information content (AvgIpc) is 2.87. The van der Waals surface area contributed by atoms with E-state index in [0.29, 0.717) is 0 Å². The van der Waals surface area contributed by atoms with Crippen LogP contribution in [-0.4, -0.2) is 40.3 Å². The molecule has 0 amide bonds. The molecule has 3 aromatic rings. The SMILES string of the molecule is CN(C)CCCn1c2ccc(CO)cc2c2cc(CO)ccc21. The van der Waals surface area contributed by atoms with Crippen LogP contribution in [0.15, 0.2) is 36.4 Å². The minimum Gasteiger partial charge on any atom is -0.392 e. The Morgan fingerprint density at radius 2 is 1.39 bits per heavy atom. The molecule has 0 atom stereocenters. The number of hydrogen-bond donors (Lipinski definition) is 2. The van der Waals surface area contributed by atoms with Gasteiger partial charge in [0.25, 0.3) is 0 Å². The lowest BCUT2D eigenvalue weighted by molar-refractivity contribution is 0.281. The van der Waals surface area contributed by atoms with Gasteiger partial charge in [0.1, 0.15) is 0 Å². The molecular formula is C19H24N2O2. The van der Waals surface area contributed by atoms with Gasteiger partial charge in [-0.25, -0.2) is 0 Å². The van der Waals surface area contributed by atoms with Crippen molar-refractivity contribution in [1.29, 1.82) is 0 Å². The van der Waals surface area contributed by atoms with Gasteiger partial charge in [0.05, 0.1) is 13.2 Å². The number of aryl methyl sites for hydroxylation is 1. The van der Waals surface area contributed by atoms with Crippen LogP contribution in [0.3, 0.4) is 0 Å². The molecule has 0 saturated heterocycles. The van der Waals surface area contributed by atoms with Gasteiger partial charge in [-0.2, -0.15) is 0 Å². The molecule has 0 aliphatic rings. The Morgan fingerprint density at radius 1 is 0.870 bits per heavy atom. The molecule has 1 heterocycles. The maximum atomic E-state index is 9.43. The van der Waals surface area contributed by atoms with Crippen LogP contribution in [0.4, 0.5) is 0 Å². The van der Waals surface area contributed by atoms with Crippen molar-refractivity contribution in [3.63, 3.8) is 0 Å². The van der Waals surface area contributed by atoms with Crippen LogP contribution in [0.25, 0.3) is 21.8 Å². The second kappa shape index (κ2) is 6.71. The Bertz CT molecular complexity index is 760. The highest BCUT2D eigenvalue weighted by Crippen LogP contribution is 2.31. The van der Waals surface area contributed by atoms with Crippen molar-refractivity contribution in [3.8, 4) is 0 Å². The molecular weight excluding hydrogens is 288 g/mol. The predicted octanol–water partition coefficient (Wildman–Crippen LogP) is 2.73. The van der Waals surface area contributed by atoms with Gasteiger partial charge in [0.2, 0.25) is 0 Å². The normalized spacial score (nSPS) is 11.9. The van der Waals surface area contributed by atoms with E-state index < -0.39 is 0 Å². The smallest absolute Gasteiger partial charge is 0.0682 e. The highest BCUT2D eigenvalue weighted by molar-refractivity contribution is 6.08. The zero-order valence-corrected chi connectivity index (χ0v) is 13.8. The van der Waals surface area contributed by atoms with Gasteiger partial charge < -0.3 is 19.7 Å². The summed E-state index contributed by atoms with van der Waals surface area (Å²) in [7, 11) is 4.18. The first-order valence-corrected chi connectivity index (χ1v) is 8.04. The van der Waals surface area contributed by atoms with E-state index in [9.17, 15) is 10.2 Å². The predicted molar refractivity (Wildman–Crippen MR) is 94.5 cm³/mol. The van der Waals surface area contributed by atoms with Crippen molar-refractivity contribution in [2.75, 3.05) is 20.6 Å². The summed E-state index contributed by atoms with van der Waals surface area (Å²) in [5.41, 5.74) is 4.20. The lowest BCUT2D eigenvalue weighted by atomic mass is 10.1. The van der Waals surface area contributed by atoms with Gasteiger partial charge in [0, 0.05) is 28.4 Å². The van der Waals surface area contributed by atoms with Crippen molar-refractivity contribution in [3.05, 3.63) is 47.5 Å². The van der Waals surface area contributed by atoms with Crippen LogP contribution in [0, 0.1) is 0 Å². The van der Waals surface area contributed by atoms with E-state index in [1.807, 2.05) is 12.1 Å². The molecule has 0 aliphatic heterocycles. The summed E-state index contributed by atoms with van der Waals surface area (Å²) in [6.45, 7) is 2.09. The summed E-state index contributed by atoms with van der Waals surface area (Å²) >= 11 is 0. The summed E-state index contributed by atoms with van der Waals surface area (Å²) in [6.07, 6.45) is 1.08.